The smallest absolute Gasteiger partial charge is 0.322 e. The molecule has 0 aromatic carbocycles. The Kier molecular flexibility index (Phi) is 4.06. The van der Waals surface area contributed by atoms with Gasteiger partial charge in [-0.05, 0) is 24.7 Å². The van der Waals surface area contributed by atoms with Crippen molar-refractivity contribution in [3.05, 3.63) is 0 Å². The molecule has 8 nitrogen and oxygen atoms in total. The highest BCUT2D eigenvalue weighted by atomic mass is 79.9. The highest BCUT2D eigenvalue weighted by Crippen LogP contribution is 2.68. The molecule has 6 unspecified atom stereocenters. The second-order valence-corrected chi connectivity index (χ2v) is 8.11. The molecule has 0 saturated heterocycles. The lowest BCUT2D eigenvalue weighted by atomic mass is 9.48. The number of carboxylic acids is 4. The second-order valence-electron chi connectivity index (χ2n) is 5.61. The van der Waals surface area contributed by atoms with Crippen molar-refractivity contribution in [2.24, 2.45) is 23.7 Å². The zero-order valence-corrected chi connectivity index (χ0v) is 14.1. The third-order valence-corrected chi connectivity index (χ3v) is 8.43. The van der Waals surface area contributed by atoms with Crippen LogP contribution in [-0.2, 0) is 19.2 Å². The molecule has 0 bridgehead atoms. The quantitative estimate of drug-likeness (QED) is 0.467. The summed E-state index contributed by atoms with van der Waals surface area (Å²) < 4.78 is -3.76. The number of alkyl halides is 2. The van der Waals surface area contributed by atoms with Gasteiger partial charge in [0.25, 0.3) is 0 Å². The molecule has 122 valence electrons. The van der Waals surface area contributed by atoms with Crippen LogP contribution in [-0.4, -0.2) is 53.0 Å². The molecule has 4 N–H and O–H groups in total. The number of hydrogen-bond donors (Lipinski definition) is 4. The van der Waals surface area contributed by atoms with Gasteiger partial charge in [0.05, 0.1) is 11.8 Å². The molecular formula is C12H12Br2O8. The Hall–Kier alpha value is -1.16. The van der Waals surface area contributed by atoms with E-state index in [0.29, 0.717) is 0 Å². The normalized spacial score (nSPS) is 43.5. The van der Waals surface area contributed by atoms with Crippen molar-refractivity contribution >= 4 is 55.7 Å². The van der Waals surface area contributed by atoms with E-state index in [4.69, 9.17) is 0 Å². The molecule has 22 heavy (non-hydrogen) atoms. The molecule has 2 saturated carbocycles. The van der Waals surface area contributed by atoms with Gasteiger partial charge in [-0.1, -0.05) is 31.9 Å². The summed E-state index contributed by atoms with van der Waals surface area (Å²) in [7, 11) is 0. The number of rotatable bonds is 4. The number of halogens is 2. The highest BCUT2D eigenvalue weighted by molar-refractivity contribution is 9.13. The van der Waals surface area contributed by atoms with Crippen LogP contribution in [0.5, 0.6) is 0 Å². The number of fused-ring (bicyclic) bond motifs is 1. The predicted molar refractivity (Wildman–Crippen MR) is 77.1 cm³/mol. The van der Waals surface area contributed by atoms with E-state index in [1.807, 2.05) is 0 Å². The van der Waals surface area contributed by atoms with Crippen molar-refractivity contribution in [1.82, 2.24) is 0 Å². The largest absolute Gasteiger partial charge is 0.481 e. The van der Waals surface area contributed by atoms with E-state index in [1.54, 1.807) is 0 Å². The van der Waals surface area contributed by atoms with Crippen molar-refractivity contribution in [1.29, 1.82) is 0 Å². The lowest BCUT2D eigenvalue weighted by Gasteiger charge is -2.62. The molecule has 2 fully saturated rings. The molecule has 2 aliphatic carbocycles. The summed E-state index contributed by atoms with van der Waals surface area (Å²) in [6.07, 6.45) is -0.426. The second kappa shape index (κ2) is 5.19. The topological polar surface area (TPSA) is 149 Å². The minimum atomic E-state index is -1.88. The number of hydrogen-bond acceptors (Lipinski definition) is 4. The van der Waals surface area contributed by atoms with Gasteiger partial charge in [0.1, 0.15) is 0 Å². The average molecular weight is 444 g/mol. The van der Waals surface area contributed by atoms with Crippen LogP contribution in [0.2, 0.25) is 0 Å². The van der Waals surface area contributed by atoms with Gasteiger partial charge in [0, 0.05) is 0 Å². The Labute approximate surface area is 140 Å². The summed E-state index contributed by atoms with van der Waals surface area (Å²) >= 11 is 5.93. The van der Waals surface area contributed by atoms with Gasteiger partial charge in [-0.15, -0.1) is 0 Å². The summed E-state index contributed by atoms with van der Waals surface area (Å²) in [6, 6.07) is 0. The maximum atomic E-state index is 11.6. The monoisotopic (exact) mass is 442 g/mol. The molecule has 0 aliphatic heterocycles. The standard InChI is InChI=1S/C12H12Br2O8/c13-11(9(19)20)5-1-3(7(15)16)4(8(17)18)2-6(5)12(11,14)10(21)22/h3-6H,1-2H2,(H,15,16)(H,17,18)(H,19,20)(H,21,22). The average Bonchev–Trinajstić information content (AvgIpc) is 2.43. The fraction of sp³-hybridized carbons (Fsp3) is 0.667. The number of carboxylic acid groups (broad SMARTS) is 4. The fourth-order valence-electron chi connectivity index (χ4n) is 3.70. The molecule has 10 heteroatoms. The molecule has 0 spiro atoms. The Balaban J connectivity index is 2.47. The van der Waals surface area contributed by atoms with E-state index in [2.05, 4.69) is 31.9 Å². The van der Waals surface area contributed by atoms with E-state index in [0.717, 1.165) is 0 Å². The lowest BCUT2D eigenvalue weighted by Crippen LogP contribution is -2.77. The third-order valence-electron chi connectivity index (χ3n) is 4.80. The van der Waals surface area contributed by atoms with Gasteiger partial charge in [0.15, 0.2) is 8.65 Å². The minimum Gasteiger partial charge on any atom is -0.481 e. The molecule has 2 aliphatic rings. The summed E-state index contributed by atoms with van der Waals surface area (Å²) in [5.74, 6) is -9.59. The summed E-state index contributed by atoms with van der Waals surface area (Å²) in [5.41, 5.74) is 0. The predicted octanol–water partition coefficient (Wildman–Crippen LogP) is 0.864. The van der Waals surface area contributed by atoms with E-state index in [-0.39, 0.29) is 12.8 Å². The van der Waals surface area contributed by atoms with Gasteiger partial charge >= 0.3 is 23.9 Å². The first-order valence-corrected chi connectivity index (χ1v) is 7.88. The molecule has 0 aromatic rings. The molecule has 0 amide bonds. The summed E-state index contributed by atoms with van der Waals surface area (Å²) in [6.45, 7) is 0. The maximum absolute atomic E-state index is 11.6. The van der Waals surface area contributed by atoms with Gasteiger partial charge < -0.3 is 20.4 Å². The summed E-state index contributed by atoms with van der Waals surface area (Å²) in [5, 5.41) is 37.2. The Bertz CT molecular complexity index is 527. The van der Waals surface area contributed by atoms with Crippen molar-refractivity contribution in [2.45, 2.75) is 21.5 Å². The van der Waals surface area contributed by atoms with Crippen LogP contribution in [0.4, 0.5) is 0 Å². The van der Waals surface area contributed by atoms with Crippen molar-refractivity contribution < 1.29 is 39.6 Å². The van der Waals surface area contributed by atoms with Crippen molar-refractivity contribution in [3.8, 4) is 0 Å². The first kappa shape index (κ1) is 17.2. The molecule has 0 heterocycles. The first-order valence-electron chi connectivity index (χ1n) is 6.29. The van der Waals surface area contributed by atoms with Crippen LogP contribution in [0, 0.1) is 23.7 Å². The molecule has 2 rings (SSSR count). The third kappa shape index (κ3) is 1.92. The zero-order chi connectivity index (χ0) is 17.0. The molecular weight excluding hydrogens is 432 g/mol. The fourth-order valence-corrected chi connectivity index (χ4v) is 5.64. The molecule has 6 atom stereocenters. The van der Waals surface area contributed by atoms with E-state index in [9.17, 15) is 39.6 Å². The number of aliphatic carboxylic acids is 4. The van der Waals surface area contributed by atoms with Crippen LogP contribution in [0.1, 0.15) is 12.8 Å². The molecule has 0 aromatic heterocycles. The van der Waals surface area contributed by atoms with Crippen molar-refractivity contribution in [3.63, 3.8) is 0 Å². The lowest BCUT2D eigenvalue weighted by molar-refractivity contribution is -0.176. The Morgan fingerprint density at radius 1 is 0.727 bits per heavy atom. The molecule has 0 radical (unpaired) electrons. The van der Waals surface area contributed by atoms with Gasteiger partial charge in [-0.3, -0.25) is 19.2 Å². The van der Waals surface area contributed by atoms with Crippen molar-refractivity contribution in [2.75, 3.05) is 0 Å². The van der Waals surface area contributed by atoms with Crippen LogP contribution >= 0.6 is 31.9 Å². The van der Waals surface area contributed by atoms with Crippen LogP contribution in [0.25, 0.3) is 0 Å². The highest BCUT2D eigenvalue weighted by Gasteiger charge is 2.79. The number of carbonyl (C=O) groups is 4. The van der Waals surface area contributed by atoms with E-state index < -0.39 is 56.2 Å². The van der Waals surface area contributed by atoms with Crippen LogP contribution < -0.4 is 0 Å². The Morgan fingerprint density at radius 2 is 1.00 bits per heavy atom. The maximum Gasteiger partial charge on any atom is 0.322 e. The van der Waals surface area contributed by atoms with Crippen LogP contribution in [0.3, 0.4) is 0 Å². The van der Waals surface area contributed by atoms with Gasteiger partial charge in [-0.2, -0.15) is 0 Å². The van der Waals surface area contributed by atoms with Crippen LogP contribution in [0.15, 0.2) is 0 Å². The van der Waals surface area contributed by atoms with Gasteiger partial charge in [-0.25, -0.2) is 0 Å². The Morgan fingerprint density at radius 3 is 1.18 bits per heavy atom. The summed E-state index contributed by atoms with van der Waals surface area (Å²) in [4.78, 5) is 45.7. The SMILES string of the molecule is O=C(O)C1CC2C(CC1C(=O)O)C(Br)(C(=O)O)C2(Br)C(=O)O. The van der Waals surface area contributed by atoms with Gasteiger partial charge in [0.2, 0.25) is 0 Å². The zero-order valence-electron chi connectivity index (χ0n) is 10.9. The van der Waals surface area contributed by atoms with E-state index in [1.165, 1.54) is 0 Å². The first-order chi connectivity index (χ1) is 9.99. The minimum absolute atomic E-state index is 0.213. The van der Waals surface area contributed by atoms with E-state index >= 15 is 0 Å².